The Morgan fingerprint density at radius 3 is 2.48 bits per heavy atom. The van der Waals surface area contributed by atoms with E-state index in [4.69, 9.17) is 0 Å². The van der Waals surface area contributed by atoms with Gasteiger partial charge in [-0.15, -0.1) is 4.91 Å². The van der Waals surface area contributed by atoms with Crippen molar-refractivity contribution in [3.8, 4) is 11.1 Å². The highest BCUT2D eigenvalue weighted by Crippen LogP contribution is 2.27. The Kier molecular flexibility index (Phi) is 7.54. The zero-order valence-electron chi connectivity index (χ0n) is 16.9. The van der Waals surface area contributed by atoms with Gasteiger partial charge in [-0.2, -0.15) is 0 Å². The maximum atomic E-state index is 10.7. The van der Waals surface area contributed by atoms with Gasteiger partial charge in [0.2, 0.25) is 0 Å². The van der Waals surface area contributed by atoms with Gasteiger partial charge in [0.25, 0.3) is 0 Å². The van der Waals surface area contributed by atoms with E-state index in [1.165, 1.54) is 11.3 Å². The van der Waals surface area contributed by atoms with Crippen LogP contribution in [0.4, 0.5) is 5.69 Å². The summed E-state index contributed by atoms with van der Waals surface area (Å²) in [5.74, 6) is 0.523. The average Bonchev–Trinajstić information content (AvgIpc) is 2.70. The van der Waals surface area contributed by atoms with Crippen LogP contribution in [-0.4, -0.2) is 0 Å². The van der Waals surface area contributed by atoms with Crippen molar-refractivity contribution in [1.29, 1.82) is 0 Å². The molecule has 0 saturated heterocycles. The third kappa shape index (κ3) is 5.65. The summed E-state index contributed by atoms with van der Waals surface area (Å²) in [6.07, 6.45) is 5.12. The van der Waals surface area contributed by atoms with Gasteiger partial charge >= 0.3 is 0 Å². The standard InChI is InChI=1S/C24H30N2O/c1-6-17(3)24(7-2)25-19(5)8-9-20-10-12-21(13-11-20)23-15-14-22(26-27)16-18(23)4/h7,10-17,25H,5-6,8-9H2,1-4H3/b24-7+. The molecular formula is C24H30N2O. The van der Waals surface area contributed by atoms with Gasteiger partial charge < -0.3 is 5.32 Å². The fourth-order valence-electron chi connectivity index (χ4n) is 3.14. The molecule has 27 heavy (non-hydrogen) atoms. The summed E-state index contributed by atoms with van der Waals surface area (Å²) >= 11 is 0. The lowest BCUT2D eigenvalue weighted by Crippen LogP contribution is -2.17. The van der Waals surface area contributed by atoms with Gasteiger partial charge in [-0.25, -0.2) is 0 Å². The number of benzene rings is 2. The maximum absolute atomic E-state index is 10.7. The van der Waals surface area contributed by atoms with Crippen LogP contribution < -0.4 is 5.32 Å². The van der Waals surface area contributed by atoms with Gasteiger partial charge in [0.1, 0.15) is 5.69 Å². The highest BCUT2D eigenvalue weighted by Gasteiger charge is 2.07. The van der Waals surface area contributed by atoms with E-state index in [-0.39, 0.29) is 0 Å². The zero-order chi connectivity index (χ0) is 19.8. The van der Waals surface area contributed by atoms with E-state index in [9.17, 15) is 4.91 Å². The molecule has 0 saturated carbocycles. The highest BCUT2D eigenvalue weighted by molar-refractivity contribution is 5.69. The minimum absolute atomic E-state index is 0.469. The van der Waals surface area contributed by atoms with Crippen LogP contribution in [0.2, 0.25) is 0 Å². The molecule has 0 aliphatic carbocycles. The minimum atomic E-state index is 0.469. The lowest BCUT2D eigenvalue weighted by molar-refractivity contribution is 0.605. The number of nitrogens with one attached hydrogen (secondary N) is 1. The van der Waals surface area contributed by atoms with Crippen molar-refractivity contribution in [3.63, 3.8) is 0 Å². The summed E-state index contributed by atoms with van der Waals surface area (Å²) in [6.45, 7) is 12.7. The van der Waals surface area contributed by atoms with Crippen molar-refractivity contribution in [1.82, 2.24) is 5.32 Å². The molecule has 0 spiro atoms. The third-order valence-electron chi connectivity index (χ3n) is 5.07. The van der Waals surface area contributed by atoms with Crippen molar-refractivity contribution in [2.24, 2.45) is 11.1 Å². The molecule has 1 N–H and O–H groups in total. The van der Waals surface area contributed by atoms with Crippen LogP contribution in [0.3, 0.4) is 0 Å². The van der Waals surface area contributed by atoms with E-state index in [0.717, 1.165) is 41.6 Å². The van der Waals surface area contributed by atoms with Gasteiger partial charge in [-0.05, 0) is 78.6 Å². The van der Waals surface area contributed by atoms with E-state index in [2.05, 4.69) is 68.2 Å². The molecule has 142 valence electrons. The number of hydrogen-bond donors (Lipinski definition) is 1. The lowest BCUT2D eigenvalue weighted by Gasteiger charge is -2.18. The van der Waals surface area contributed by atoms with Crippen LogP contribution in [0.15, 0.2) is 71.7 Å². The van der Waals surface area contributed by atoms with Crippen molar-refractivity contribution in [3.05, 3.63) is 82.5 Å². The Hall–Kier alpha value is -2.68. The molecule has 3 heteroatoms. The number of allylic oxidation sites excluding steroid dienone is 3. The molecule has 0 radical (unpaired) electrons. The summed E-state index contributed by atoms with van der Waals surface area (Å²) in [5.41, 5.74) is 7.40. The Morgan fingerprint density at radius 2 is 1.93 bits per heavy atom. The Labute approximate surface area is 163 Å². The van der Waals surface area contributed by atoms with Gasteiger partial charge in [-0.3, -0.25) is 0 Å². The summed E-state index contributed by atoms with van der Waals surface area (Å²) < 4.78 is 0. The second kappa shape index (κ2) is 9.86. The monoisotopic (exact) mass is 362 g/mol. The van der Waals surface area contributed by atoms with Gasteiger partial charge in [0, 0.05) is 11.4 Å². The number of aryl methyl sites for hydroxylation is 2. The van der Waals surface area contributed by atoms with Crippen molar-refractivity contribution < 1.29 is 0 Å². The van der Waals surface area contributed by atoms with E-state index in [1.807, 2.05) is 19.1 Å². The van der Waals surface area contributed by atoms with Crippen molar-refractivity contribution in [2.75, 3.05) is 0 Å². The molecule has 1 unspecified atom stereocenters. The number of nitroso groups, excluding NO2 is 1. The fraction of sp³-hybridized carbons (Fsp3) is 0.333. The quantitative estimate of drug-likeness (QED) is 0.486. The first-order chi connectivity index (χ1) is 13.0. The van der Waals surface area contributed by atoms with Gasteiger partial charge in [0.15, 0.2) is 0 Å². The third-order valence-corrected chi connectivity index (χ3v) is 5.07. The molecule has 3 nitrogen and oxygen atoms in total. The molecule has 1 atom stereocenters. The molecule has 0 aromatic heterocycles. The maximum Gasteiger partial charge on any atom is 0.108 e. The first-order valence-corrected chi connectivity index (χ1v) is 9.62. The Balaban J connectivity index is 1.98. The van der Waals surface area contributed by atoms with E-state index >= 15 is 0 Å². The van der Waals surface area contributed by atoms with E-state index in [1.54, 1.807) is 6.07 Å². The molecule has 0 fully saturated rings. The number of hydrogen-bond acceptors (Lipinski definition) is 3. The molecular weight excluding hydrogens is 332 g/mol. The molecule has 0 aliphatic rings. The van der Waals surface area contributed by atoms with Crippen molar-refractivity contribution >= 4 is 5.69 Å². The predicted octanol–water partition coefficient (Wildman–Crippen LogP) is 7.05. The molecule has 2 aromatic carbocycles. The van der Waals surface area contributed by atoms with Crippen LogP contribution in [0.25, 0.3) is 11.1 Å². The molecule has 2 rings (SSSR count). The molecule has 0 bridgehead atoms. The van der Waals surface area contributed by atoms with Crippen LogP contribution in [-0.2, 0) is 6.42 Å². The average molecular weight is 363 g/mol. The normalized spacial score (nSPS) is 12.5. The summed E-state index contributed by atoms with van der Waals surface area (Å²) in [7, 11) is 0. The number of nitrogens with zero attached hydrogens (tertiary/aromatic N) is 1. The van der Waals surface area contributed by atoms with Gasteiger partial charge in [-0.1, -0.05) is 56.8 Å². The van der Waals surface area contributed by atoms with Crippen LogP contribution in [0.5, 0.6) is 0 Å². The highest BCUT2D eigenvalue weighted by atomic mass is 16.3. The second-order valence-electron chi connectivity index (χ2n) is 7.07. The SMILES string of the molecule is C=C(CCc1ccc(-c2ccc(N=O)cc2C)cc1)N/C(=C/C)C(C)CC. The largest absolute Gasteiger partial charge is 0.363 e. The molecule has 2 aromatic rings. The lowest BCUT2D eigenvalue weighted by atomic mass is 9.98. The first-order valence-electron chi connectivity index (χ1n) is 9.62. The zero-order valence-corrected chi connectivity index (χ0v) is 16.9. The number of rotatable bonds is 9. The first kappa shape index (κ1) is 20.6. The molecule has 0 heterocycles. The Bertz CT molecular complexity index is 819. The smallest absolute Gasteiger partial charge is 0.108 e. The van der Waals surface area contributed by atoms with E-state index < -0.39 is 0 Å². The fourth-order valence-corrected chi connectivity index (χ4v) is 3.14. The van der Waals surface area contributed by atoms with Crippen LogP contribution in [0.1, 0.15) is 44.7 Å². The topological polar surface area (TPSA) is 41.5 Å². The summed E-state index contributed by atoms with van der Waals surface area (Å²) in [6, 6.07) is 14.1. The van der Waals surface area contributed by atoms with E-state index in [0.29, 0.717) is 11.6 Å². The second-order valence-corrected chi connectivity index (χ2v) is 7.07. The summed E-state index contributed by atoms with van der Waals surface area (Å²) in [4.78, 5) is 10.7. The summed E-state index contributed by atoms with van der Waals surface area (Å²) in [5, 5.41) is 6.47. The Morgan fingerprint density at radius 1 is 1.22 bits per heavy atom. The molecule has 0 aliphatic heterocycles. The predicted molar refractivity (Wildman–Crippen MR) is 116 cm³/mol. The minimum Gasteiger partial charge on any atom is -0.363 e. The van der Waals surface area contributed by atoms with Crippen LogP contribution in [0, 0.1) is 17.7 Å². The van der Waals surface area contributed by atoms with Crippen molar-refractivity contribution in [2.45, 2.75) is 47.0 Å². The van der Waals surface area contributed by atoms with Gasteiger partial charge in [0.05, 0.1) is 0 Å². The van der Waals surface area contributed by atoms with Crippen LogP contribution >= 0.6 is 0 Å². The molecule has 0 amide bonds.